The predicted octanol–water partition coefficient (Wildman–Crippen LogP) is 4.94. The molecule has 6 nitrogen and oxygen atoms in total. The van der Waals surface area contributed by atoms with E-state index in [4.69, 9.17) is 0 Å². The van der Waals surface area contributed by atoms with Crippen LogP contribution in [0, 0.1) is 6.92 Å². The standard InChI is InChI=1S/C27H30N4O2/c1-18-29-25-16-23(15-24(27(32)33)26(25)30-18)21-10-8-20(9-11-21)22-7-4-6-19(14-22)17-28-12-5-13-31(2)3/h4,6-11,14-16,28H,5,12-13,17H2,1-3H3,(H,29,30)(H,32,33). The zero-order valence-corrected chi connectivity index (χ0v) is 19.4. The lowest BCUT2D eigenvalue weighted by molar-refractivity contribution is 0.0699. The molecule has 1 heterocycles. The number of aryl methyl sites for hydroxylation is 1. The first-order chi connectivity index (χ1) is 15.9. The van der Waals surface area contributed by atoms with Crippen LogP contribution in [0.25, 0.3) is 33.3 Å². The Morgan fingerprint density at radius 2 is 1.73 bits per heavy atom. The molecule has 3 aromatic carbocycles. The Morgan fingerprint density at radius 1 is 1.00 bits per heavy atom. The third kappa shape index (κ3) is 5.48. The molecule has 0 amide bonds. The number of hydrogen-bond acceptors (Lipinski definition) is 4. The summed E-state index contributed by atoms with van der Waals surface area (Å²) in [5, 5.41) is 13.2. The molecule has 0 aliphatic carbocycles. The molecule has 0 aliphatic heterocycles. The molecule has 3 N–H and O–H groups in total. The molecule has 6 heteroatoms. The monoisotopic (exact) mass is 442 g/mol. The SMILES string of the molecule is Cc1nc2c(C(=O)O)cc(-c3ccc(-c4cccc(CNCCCN(C)C)c4)cc3)cc2[nH]1. The highest BCUT2D eigenvalue weighted by Gasteiger charge is 2.15. The lowest BCUT2D eigenvalue weighted by Gasteiger charge is -2.11. The fourth-order valence-electron chi connectivity index (χ4n) is 4.04. The first-order valence-electron chi connectivity index (χ1n) is 11.2. The van der Waals surface area contributed by atoms with E-state index in [9.17, 15) is 9.90 Å². The van der Waals surface area contributed by atoms with Crippen molar-refractivity contribution in [3.05, 3.63) is 77.6 Å². The second-order valence-electron chi connectivity index (χ2n) is 8.66. The van der Waals surface area contributed by atoms with Crippen LogP contribution in [0.4, 0.5) is 0 Å². The summed E-state index contributed by atoms with van der Waals surface area (Å²) in [4.78, 5) is 21.4. The van der Waals surface area contributed by atoms with E-state index in [1.807, 2.05) is 25.1 Å². The summed E-state index contributed by atoms with van der Waals surface area (Å²) < 4.78 is 0. The van der Waals surface area contributed by atoms with Gasteiger partial charge in [0.05, 0.1) is 11.1 Å². The normalized spacial score (nSPS) is 11.4. The van der Waals surface area contributed by atoms with Crippen molar-refractivity contribution in [3.63, 3.8) is 0 Å². The summed E-state index contributed by atoms with van der Waals surface area (Å²) in [5.74, 6) is -0.274. The number of carboxylic acids is 1. The van der Waals surface area contributed by atoms with E-state index in [-0.39, 0.29) is 5.56 Å². The molecule has 0 atom stereocenters. The average molecular weight is 443 g/mol. The maximum Gasteiger partial charge on any atom is 0.337 e. The smallest absolute Gasteiger partial charge is 0.337 e. The number of rotatable bonds is 9. The van der Waals surface area contributed by atoms with E-state index in [0.717, 1.165) is 48.3 Å². The summed E-state index contributed by atoms with van der Waals surface area (Å²) in [6, 6.07) is 20.5. The highest BCUT2D eigenvalue weighted by molar-refractivity contribution is 6.03. The summed E-state index contributed by atoms with van der Waals surface area (Å²) in [6.45, 7) is 4.75. The zero-order valence-electron chi connectivity index (χ0n) is 19.4. The van der Waals surface area contributed by atoms with Gasteiger partial charge in [0.25, 0.3) is 0 Å². The van der Waals surface area contributed by atoms with Crippen molar-refractivity contribution in [2.75, 3.05) is 27.2 Å². The number of benzene rings is 3. The van der Waals surface area contributed by atoms with E-state index in [1.54, 1.807) is 6.07 Å². The van der Waals surface area contributed by atoms with Crippen LogP contribution in [-0.4, -0.2) is 53.1 Å². The fourth-order valence-corrected chi connectivity index (χ4v) is 4.04. The second kappa shape index (κ2) is 9.98. The molecule has 170 valence electrons. The van der Waals surface area contributed by atoms with Gasteiger partial charge in [-0.2, -0.15) is 0 Å². The molecule has 0 saturated heterocycles. The van der Waals surface area contributed by atoms with Crippen LogP contribution in [-0.2, 0) is 6.54 Å². The van der Waals surface area contributed by atoms with Gasteiger partial charge in [-0.1, -0.05) is 42.5 Å². The van der Waals surface area contributed by atoms with Crippen molar-refractivity contribution in [2.24, 2.45) is 0 Å². The third-order valence-electron chi connectivity index (χ3n) is 5.70. The van der Waals surface area contributed by atoms with E-state index in [0.29, 0.717) is 11.3 Å². The Morgan fingerprint density at radius 3 is 2.42 bits per heavy atom. The van der Waals surface area contributed by atoms with Crippen LogP contribution < -0.4 is 5.32 Å². The van der Waals surface area contributed by atoms with Gasteiger partial charge in [0, 0.05) is 6.54 Å². The zero-order chi connectivity index (χ0) is 23.4. The Hall–Kier alpha value is -3.48. The Kier molecular flexibility index (Phi) is 6.87. The van der Waals surface area contributed by atoms with Crippen LogP contribution in [0.2, 0.25) is 0 Å². The van der Waals surface area contributed by atoms with Crippen LogP contribution in [0.5, 0.6) is 0 Å². The van der Waals surface area contributed by atoms with E-state index in [1.165, 1.54) is 11.1 Å². The average Bonchev–Trinajstić information content (AvgIpc) is 3.18. The summed E-state index contributed by atoms with van der Waals surface area (Å²) in [7, 11) is 4.19. The number of hydrogen-bond donors (Lipinski definition) is 3. The number of aromatic carboxylic acids is 1. The van der Waals surface area contributed by atoms with Gasteiger partial charge in [-0.3, -0.25) is 0 Å². The fraction of sp³-hybridized carbons (Fsp3) is 0.259. The molecule has 0 fully saturated rings. The first kappa shape index (κ1) is 22.7. The number of H-pyrrole nitrogens is 1. The van der Waals surface area contributed by atoms with Gasteiger partial charge in [-0.15, -0.1) is 0 Å². The number of fused-ring (bicyclic) bond motifs is 1. The minimum Gasteiger partial charge on any atom is -0.478 e. The maximum absolute atomic E-state index is 11.8. The molecular weight excluding hydrogens is 412 g/mol. The molecule has 0 spiro atoms. The van der Waals surface area contributed by atoms with Crippen LogP contribution in [0.15, 0.2) is 60.7 Å². The topological polar surface area (TPSA) is 81.2 Å². The Balaban J connectivity index is 1.51. The lowest BCUT2D eigenvalue weighted by Crippen LogP contribution is -2.20. The number of carboxylic acid groups (broad SMARTS) is 1. The molecule has 0 bridgehead atoms. The van der Waals surface area contributed by atoms with E-state index in [2.05, 4.69) is 70.7 Å². The highest BCUT2D eigenvalue weighted by Crippen LogP contribution is 2.29. The number of nitrogens with one attached hydrogen (secondary N) is 2. The van der Waals surface area contributed by atoms with E-state index >= 15 is 0 Å². The Labute approximate surface area is 194 Å². The number of aromatic amines is 1. The van der Waals surface area contributed by atoms with Gasteiger partial charge < -0.3 is 20.3 Å². The molecule has 0 aliphatic rings. The van der Waals surface area contributed by atoms with Gasteiger partial charge in [0.2, 0.25) is 0 Å². The number of carbonyl (C=O) groups is 1. The lowest BCUT2D eigenvalue weighted by atomic mass is 9.97. The summed E-state index contributed by atoms with van der Waals surface area (Å²) in [5.41, 5.74) is 6.81. The van der Waals surface area contributed by atoms with Crippen LogP contribution >= 0.6 is 0 Å². The van der Waals surface area contributed by atoms with Crippen molar-refractivity contribution in [1.29, 1.82) is 0 Å². The number of nitrogens with zero attached hydrogens (tertiary/aromatic N) is 2. The molecule has 1 aromatic heterocycles. The largest absolute Gasteiger partial charge is 0.478 e. The minimum atomic E-state index is -0.975. The van der Waals surface area contributed by atoms with Crippen LogP contribution in [0.3, 0.4) is 0 Å². The molecule has 0 radical (unpaired) electrons. The quantitative estimate of drug-likeness (QED) is 0.320. The van der Waals surface area contributed by atoms with Crippen molar-refractivity contribution in [1.82, 2.24) is 20.2 Å². The maximum atomic E-state index is 11.8. The van der Waals surface area contributed by atoms with E-state index < -0.39 is 5.97 Å². The van der Waals surface area contributed by atoms with Crippen LogP contribution in [0.1, 0.15) is 28.2 Å². The molecule has 4 aromatic rings. The Bertz CT molecular complexity index is 1260. The van der Waals surface area contributed by atoms with Gasteiger partial charge in [-0.25, -0.2) is 9.78 Å². The van der Waals surface area contributed by atoms with Crippen molar-refractivity contribution >= 4 is 17.0 Å². The minimum absolute atomic E-state index is 0.210. The second-order valence-corrected chi connectivity index (χ2v) is 8.66. The van der Waals surface area contributed by atoms with Gasteiger partial charge in [0.1, 0.15) is 11.3 Å². The number of aromatic nitrogens is 2. The summed E-state index contributed by atoms with van der Waals surface area (Å²) in [6.07, 6.45) is 1.13. The molecular formula is C27H30N4O2. The molecule has 4 rings (SSSR count). The van der Waals surface area contributed by atoms with Gasteiger partial charge in [-0.05, 0) is 86.5 Å². The predicted molar refractivity (Wildman–Crippen MR) is 134 cm³/mol. The van der Waals surface area contributed by atoms with Gasteiger partial charge in [0.15, 0.2) is 0 Å². The highest BCUT2D eigenvalue weighted by atomic mass is 16.4. The van der Waals surface area contributed by atoms with Crippen molar-refractivity contribution < 1.29 is 9.90 Å². The van der Waals surface area contributed by atoms with Gasteiger partial charge >= 0.3 is 5.97 Å². The molecule has 0 saturated carbocycles. The molecule has 0 unspecified atom stereocenters. The van der Waals surface area contributed by atoms with Crippen molar-refractivity contribution in [3.8, 4) is 22.3 Å². The third-order valence-corrected chi connectivity index (χ3v) is 5.70. The van der Waals surface area contributed by atoms with Crippen molar-refractivity contribution in [2.45, 2.75) is 19.9 Å². The first-order valence-corrected chi connectivity index (χ1v) is 11.2. The number of imidazole rings is 1. The molecule has 33 heavy (non-hydrogen) atoms. The summed E-state index contributed by atoms with van der Waals surface area (Å²) >= 11 is 0.